The van der Waals surface area contributed by atoms with Gasteiger partial charge in [0, 0.05) is 19.4 Å². The van der Waals surface area contributed by atoms with Crippen molar-refractivity contribution in [2.45, 2.75) is 96.4 Å². The number of carboxylic acid groups (broad SMARTS) is 1. The molecular weight excluding hydrogens is 448 g/mol. The third-order valence-electron chi connectivity index (χ3n) is 5.06. The van der Waals surface area contributed by atoms with Crippen molar-refractivity contribution in [3.63, 3.8) is 0 Å². The average molecular weight is 489 g/mol. The molecule has 0 radical (unpaired) electrons. The molecule has 0 saturated heterocycles. The summed E-state index contributed by atoms with van der Waals surface area (Å²) in [5.74, 6) is -3.42. The lowest BCUT2D eigenvalue weighted by molar-refractivity contribution is -0.138. The highest BCUT2D eigenvalue weighted by Crippen LogP contribution is 2.05. The number of hydrogen-bond acceptors (Lipinski definition) is 7. The summed E-state index contributed by atoms with van der Waals surface area (Å²) < 4.78 is 5.57. The number of ether oxygens (including phenoxy) is 1. The first-order valence-corrected chi connectivity index (χ1v) is 11.6. The van der Waals surface area contributed by atoms with E-state index in [4.69, 9.17) is 20.7 Å². The Morgan fingerprint density at radius 2 is 1.59 bits per heavy atom. The van der Waals surface area contributed by atoms with Gasteiger partial charge in [-0.05, 0) is 39.5 Å². The van der Waals surface area contributed by atoms with E-state index in [0.717, 1.165) is 19.3 Å². The number of nitrogens with two attached hydrogens (primary N) is 1. The fourth-order valence-corrected chi connectivity index (χ4v) is 2.95. The molecule has 0 spiro atoms. The van der Waals surface area contributed by atoms with E-state index in [1.165, 1.54) is 13.8 Å². The third kappa shape index (κ3) is 14.4. The molecule has 12 nitrogen and oxygen atoms in total. The van der Waals surface area contributed by atoms with Gasteiger partial charge in [-0.15, -0.1) is 0 Å². The van der Waals surface area contributed by atoms with Crippen LogP contribution in [0.1, 0.15) is 72.1 Å². The second-order valence-electron chi connectivity index (χ2n) is 8.19. The minimum absolute atomic E-state index is 0.0381. The highest BCUT2D eigenvalue weighted by molar-refractivity contribution is 5.92. The molecule has 196 valence electrons. The summed E-state index contributed by atoms with van der Waals surface area (Å²) in [5, 5.41) is 25.5. The highest BCUT2D eigenvalue weighted by Gasteiger charge is 2.25. The number of amides is 4. The van der Waals surface area contributed by atoms with Gasteiger partial charge in [0.25, 0.3) is 0 Å². The largest absolute Gasteiger partial charge is 0.481 e. The van der Waals surface area contributed by atoms with Crippen LogP contribution in [-0.2, 0) is 28.7 Å². The van der Waals surface area contributed by atoms with Crippen LogP contribution >= 0.6 is 0 Å². The third-order valence-corrected chi connectivity index (χ3v) is 5.06. The number of carbonyl (C=O) groups is 5. The van der Waals surface area contributed by atoms with Gasteiger partial charge < -0.3 is 36.6 Å². The molecule has 0 unspecified atom stereocenters. The summed E-state index contributed by atoms with van der Waals surface area (Å²) in [7, 11) is 0. The van der Waals surface area contributed by atoms with Gasteiger partial charge in [-0.1, -0.05) is 19.8 Å². The summed E-state index contributed by atoms with van der Waals surface area (Å²) in [6.07, 6.45) is 2.60. The second kappa shape index (κ2) is 17.7. The van der Waals surface area contributed by atoms with E-state index < -0.39 is 41.9 Å². The molecular formula is C22H40N4O8. The predicted octanol–water partition coefficient (Wildman–Crippen LogP) is -0.431. The number of unbranched alkanes of at least 4 members (excludes halogenated alkanes) is 2. The maximum Gasteiger partial charge on any atom is 0.303 e. The Hall–Kier alpha value is -2.73. The number of aliphatic hydroxyl groups excluding tert-OH is 1. The minimum atomic E-state index is -1.18. The maximum atomic E-state index is 12.4. The van der Waals surface area contributed by atoms with E-state index in [1.54, 1.807) is 0 Å². The summed E-state index contributed by atoms with van der Waals surface area (Å²) in [6, 6.07) is -2.58. The Bertz CT molecular complexity index is 673. The number of primary amides is 1. The Balaban J connectivity index is 4.69. The van der Waals surface area contributed by atoms with Gasteiger partial charge in [0.1, 0.15) is 18.2 Å². The quantitative estimate of drug-likeness (QED) is 0.132. The van der Waals surface area contributed by atoms with E-state index in [1.807, 2.05) is 6.92 Å². The second-order valence-corrected chi connectivity index (χ2v) is 8.19. The number of aliphatic carboxylic acids is 1. The van der Waals surface area contributed by atoms with Crippen LogP contribution in [0.15, 0.2) is 0 Å². The summed E-state index contributed by atoms with van der Waals surface area (Å²) in [6.45, 7) is 4.94. The van der Waals surface area contributed by atoms with Gasteiger partial charge >= 0.3 is 5.97 Å². The zero-order valence-electron chi connectivity index (χ0n) is 20.3. The fourth-order valence-electron chi connectivity index (χ4n) is 2.95. The van der Waals surface area contributed by atoms with Gasteiger partial charge in [-0.3, -0.25) is 24.0 Å². The topological polar surface area (TPSA) is 197 Å². The van der Waals surface area contributed by atoms with Gasteiger partial charge in [0.2, 0.25) is 23.6 Å². The number of rotatable bonds is 19. The maximum absolute atomic E-state index is 12.4. The molecule has 12 heteroatoms. The molecule has 0 rings (SSSR count). The number of nitrogens with one attached hydrogen (secondary N) is 3. The van der Waals surface area contributed by atoms with Gasteiger partial charge in [0.15, 0.2) is 0 Å². The Morgan fingerprint density at radius 1 is 0.912 bits per heavy atom. The molecule has 0 heterocycles. The van der Waals surface area contributed by atoms with Crippen molar-refractivity contribution in [1.29, 1.82) is 0 Å². The van der Waals surface area contributed by atoms with Crippen LogP contribution < -0.4 is 21.7 Å². The van der Waals surface area contributed by atoms with Crippen molar-refractivity contribution in [3.05, 3.63) is 0 Å². The van der Waals surface area contributed by atoms with Crippen molar-refractivity contribution in [2.75, 3.05) is 13.2 Å². The zero-order valence-corrected chi connectivity index (χ0v) is 20.3. The van der Waals surface area contributed by atoms with Crippen LogP contribution in [0.3, 0.4) is 0 Å². The minimum Gasteiger partial charge on any atom is -0.481 e. The Kier molecular flexibility index (Phi) is 16.3. The normalized spacial score (nSPS) is 14.4. The van der Waals surface area contributed by atoms with E-state index in [-0.39, 0.29) is 38.0 Å². The van der Waals surface area contributed by atoms with Crippen LogP contribution in [-0.4, -0.2) is 77.3 Å². The molecule has 0 aliphatic carbocycles. The first-order valence-electron chi connectivity index (χ1n) is 11.6. The molecule has 7 N–H and O–H groups in total. The summed E-state index contributed by atoms with van der Waals surface area (Å²) >= 11 is 0. The predicted molar refractivity (Wildman–Crippen MR) is 123 cm³/mol. The lowest BCUT2D eigenvalue weighted by Crippen LogP contribution is -2.53. The molecule has 0 aromatic rings. The van der Waals surface area contributed by atoms with Gasteiger partial charge in [-0.2, -0.15) is 0 Å². The van der Waals surface area contributed by atoms with Crippen molar-refractivity contribution in [2.24, 2.45) is 5.73 Å². The molecule has 0 bridgehead atoms. The monoisotopic (exact) mass is 488 g/mol. The molecule has 34 heavy (non-hydrogen) atoms. The zero-order chi connectivity index (χ0) is 26.1. The number of carboxylic acids is 1. The molecule has 0 aliphatic rings. The van der Waals surface area contributed by atoms with Crippen LogP contribution in [0.4, 0.5) is 0 Å². The van der Waals surface area contributed by atoms with Crippen molar-refractivity contribution in [1.82, 2.24) is 16.0 Å². The molecule has 4 amide bonds. The molecule has 0 aromatic carbocycles. The molecule has 0 aliphatic heterocycles. The number of hydrogen-bond donors (Lipinski definition) is 6. The molecule has 0 fully saturated rings. The first-order chi connectivity index (χ1) is 16.0. The van der Waals surface area contributed by atoms with E-state index in [2.05, 4.69) is 16.0 Å². The van der Waals surface area contributed by atoms with Crippen molar-refractivity contribution < 1.29 is 38.9 Å². The Labute approximate surface area is 200 Å². The Morgan fingerprint density at radius 3 is 2.15 bits per heavy atom. The van der Waals surface area contributed by atoms with Crippen LogP contribution in [0.25, 0.3) is 0 Å². The number of aliphatic hydroxyl groups is 1. The standard InChI is InChI=1S/C22H40N4O8/c1-4-5-6-9-18(28)25-16(8-7-12-27)13-34-15(3)22(33)24-14(2)21(32)26-17(20(23)31)10-11-19(29)30/h14-17,27H,4-13H2,1-3H3,(H2,23,31)(H,24,33)(H,25,28)(H,26,32)(H,29,30)/t14-,15+,16-,17+/m0/s1. The fraction of sp³-hybridized carbons (Fsp3) is 0.773. The lowest BCUT2D eigenvalue weighted by atomic mass is 10.1. The van der Waals surface area contributed by atoms with E-state index in [0.29, 0.717) is 19.3 Å². The van der Waals surface area contributed by atoms with Crippen LogP contribution in [0.2, 0.25) is 0 Å². The SMILES string of the molecule is CCCCCC(=O)N[C@@H](CCCO)CO[C@H](C)C(=O)N[C@@H](C)C(=O)N[C@H](CCC(=O)O)C(N)=O. The average Bonchev–Trinajstić information content (AvgIpc) is 2.77. The number of carbonyl (C=O) groups excluding carboxylic acids is 4. The molecule has 4 atom stereocenters. The van der Waals surface area contributed by atoms with Gasteiger partial charge in [0.05, 0.1) is 12.6 Å². The van der Waals surface area contributed by atoms with E-state index >= 15 is 0 Å². The van der Waals surface area contributed by atoms with Crippen LogP contribution in [0, 0.1) is 0 Å². The van der Waals surface area contributed by atoms with Crippen molar-refractivity contribution >= 4 is 29.6 Å². The van der Waals surface area contributed by atoms with Crippen molar-refractivity contribution in [3.8, 4) is 0 Å². The van der Waals surface area contributed by atoms with Crippen LogP contribution in [0.5, 0.6) is 0 Å². The smallest absolute Gasteiger partial charge is 0.303 e. The highest BCUT2D eigenvalue weighted by atomic mass is 16.5. The first kappa shape index (κ1) is 31.3. The lowest BCUT2D eigenvalue weighted by Gasteiger charge is -2.23. The van der Waals surface area contributed by atoms with Gasteiger partial charge in [-0.25, -0.2) is 0 Å². The molecule has 0 aromatic heterocycles. The molecule has 0 saturated carbocycles. The summed E-state index contributed by atoms with van der Waals surface area (Å²) in [4.78, 5) is 58.9. The van der Waals surface area contributed by atoms with E-state index in [9.17, 15) is 24.0 Å². The summed E-state index contributed by atoms with van der Waals surface area (Å²) in [5.41, 5.74) is 5.19.